The van der Waals surface area contributed by atoms with Crippen molar-refractivity contribution in [3.8, 4) is 0 Å². The van der Waals surface area contributed by atoms with Crippen molar-refractivity contribution >= 4 is 11.8 Å². The van der Waals surface area contributed by atoms with E-state index in [-0.39, 0.29) is 6.61 Å². The fourth-order valence-corrected chi connectivity index (χ4v) is 2.99. The molecule has 0 atom stereocenters. The number of hydrogen-bond acceptors (Lipinski definition) is 7. The Labute approximate surface area is 127 Å². The molecular formula is C13H19N5O2S. The molecule has 0 aliphatic heterocycles. The maximum Gasteiger partial charge on any atom is 0.226 e. The second-order valence-corrected chi connectivity index (χ2v) is 6.10. The number of aromatic nitrogens is 5. The Morgan fingerprint density at radius 2 is 2.24 bits per heavy atom. The Kier molecular flexibility index (Phi) is 4.54. The average Bonchev–Trinajstić information content (AvgIpc) is 3.10. The lowest BCUT2D eigenvalue weighted by molar-refractivity contribution is 0.263. The lowest BCUT2D eigenvalue weighted by atomic mass is 10.2. The Morgan fingerprint density at radius 1 is 1.38 bits per heavy atom. The van der Waals surface area contributed by atoms with Crippen LogP contribution in [0.4, 0.5) is 0 Å². The van der Waals surface area contributed by atoms with Gasteiger partial charge in [-0.25, -0.2) is 0 Å². The van der Waals surface area contributed by atoms with Crippen molar-refractivity contribution in [1.29, 1.82) is 0 Å². The SMILES string of the molecule is CCCCc1nc(CSc2nnc(CO)n2C2CC2)no1. The molecule has 1 aliphatic rings. The molecule has 21 heavy (non-hydrogen) atoms. The van der Waals surface area contributed by atoms with Crippen molar-refractivity contribution in [3.63, 3.8) is 0 Å². The summed E-state index contributed by atoms with van der Waals surface area (Å²) in [5, 5.41) is 22.3. The third-order valence-corrected chi connectivity index (χ3v) is 4.31. The van der Waals surface area contributed by atoms with E-state index in [0.29, 0.717) is 29.3 Å². The zero-order valence-corrected chi connectivity index (χ0v) is 12.8. The molecule has 0 aromatic carbocycles. The van der Waals surface area contributed by atoms with Crippen LogP contribution in [0.15, 0.2) is 9.68 Å². The Bertz CT molecular complexity index is 593. The van der Waals surface area contributed by atoms with E-state index in [1.165, 1.54) is 11.8 Å². The van der Waals surface area contributed by atoms with Crippen molar-refractivity contribution in [2.45, 2.75) is 62.6 Å². The Balaban J connectivity index is 1.62. The minimum atomic E-state index is -0.0760. The molecular weight excluding hydrogens is 290 g/mol. The molecule has 1 saturated carbocycles. The average molecular weight is 309 g/mol. The molecule has 1 N–H and O–H groups in total. The summed E-state index contributed by atoms with van der Waals surface area (Å²) in [7, 11) is 0. The van der Waals surface area contributed by atoms with Crippen molar-refractivity contribution < 1.29 is 9.63 Å². The quantitative estimate of drug-likeness (QED) is 0.747. The number of unbranched alkanes of at least 4 members (excludes halogenated alkanes) is 1. The van der Waals surface area contributed by atoms with Gasteiger partial charge in [0.1, 0.15) is 6.61 Å². The van der Waals surface area contributed by atoms with E-state index in [1.54, 1.807) is 0 Å². The minimum absolute atomic E-state index is 0.0760. The van der Waals surface area contributed by atoms with E-state index in [0.717, 1.165) is 37.3 Å². The van der Waals surface area contributed by atoms with Crippen LogP contribution in [0.2, 0.25) is 0 Å². The van der Waals surface area contributed by atoms with E-state index in [4.69, 9.17) is 4.52 Å². The first-order valence-electron chi connectivity index (χ1n) is 7.30. The normalized spacial score (nSPS) is 14.8. The highest BCUT2D eigenvalue weighted by atomic mass is 32.2. The third kappa shape index (κ3) is 3.44. The molecule has 2 aromatic heterocycles. The van der Waals surface area contributed by atoms with Gasteiger partial charge in [-0.3, -0.25) is 0 Å². The number of aliphatic hydroxyl groups excluding tert-OH is 1. The first-order chi connectivity index (χ1) is 10.3. The molecule has 0 saturated heterocycles. The standard InChI is InChI=1S/C13H19N5O2S/c1-2-3-4-12-14-10(17-20-12)8-21-13-16-15-11(7-19)18(13)9-5-6-9/h9,19H,2-8H2,1H3. The molecule has 2 aromatic rings. The van der Waals surface area contributed by atoms with Crippen LogP contribution in [0.3, 0.4) is 0 Å². The summed E-state index contributed by atoms with van der Waals surface area (Å²) in [6.45, 7) is 2.06. The smallest absolute Gasteiger partial charge is 0.226 e. The van der Waals surface area contributed by atoms with Gasteiger partial charge in [0.25, 0.3) is 0 Å². The zero-order valence-electron chi connectivity index (χ0n) is 12.0. The number of aryl methyl sites for hydroxylation is 1. The van der Waals surface area contributed by atoms with E-state index < -0.39 is 0 Å². The Hall–Kier alpha value is -1.41. The molecule has 3 rings (SSSR count). The predicted molar refractivity (Wildman–Crippen MR) is 76.7 cm³/mol. The van der Waals surface area contributed by atoms with Crippen molar-refractivity contribution in [3.05, 3.63) is 17.5 Å². The van der Waals surface area contributed by atoms with Crippen molar-refractivity contribution in [1.82, 2.24) is 24.9 Å². The van der Waals surface area contributed by atoms with E-state index in [1.807, 2.05) is 4.57 Å². The maximum atomic E-state index is 9.31. The second-order valence-electron chi connectivity index (χ2n) is 5.15. The maximum absolute atomic E-state index is 9.31. The molecule has 7 nitrogen and oxygen atoms in total. The van der Waals surface area contributed by atoms with Gasteiger partial charge in [-0.1, -0.05) is 30.3 Å². The van der Waals surface area contributed by atoms with Gasteiger partial charge in [0.05, 0.1) is 5.75 Å². The highest BCUT2D eigenvalue weighted by molar-refractivity contribution is 7.98. The molecule has 1 fully saturated rings. The first kappa shape index (κ1) is 14.5. The van der Waals surface area contributed by atoms with Gasteiger partial charge in [-0.05, 0) is 19.3 Å². The summed E-state index contributed by atoms with van der Waals surface area (Å²) in [5.74, 6) is 2.62. The van der Waals surface area contributed by atoms with E-state index >= 15 is 0 Å². The van der Waals surface area contributed by atoms with Crippen LogP contribution in [0, 0.1) is 0 Å². The van der Waals surface area contributed by atoms with Crippen LogP contribution in [0.1, 0.15) is 56.2 Å². The second kappa shape index (κ2) is 6.57. The van der Waals surface area contributed by atoms with Gasteiger partial charge in [0, 0.05) is 12.5 Å². The number of hydrogen-bond donors (Lipinski definition) is 1. The summed E-state index contributed by atoms with van der Waals surface area (Å²) >= 11 is 1.54. The summed E-state index contributed by atoms with van der Waals surface area (Å²) in [6.07, 6.45) is 5.26. The largest absolute Gasteiger partial charge is 0.388 e. The van der Waals surface area contributed by atoms with Crippen LogP contribution in [-0.4, -0.2) is 30.0 Å². The van der Waals surface area contributed by atoms with Crippen LogP contribution in [-0.2, 0) is 18.8 Å². The Morgan fingerprint density at radius 3 is 2.95 bits per heavy atom. The lowest BCUT2D eigenvalue weighted by Crippen LogP contribution is -2.03. The lowest BCUT2D eigenvalue weighted by Gasteiger charge is -2.05. The molecule has 8 heteroatoms. The number of thioether (sulfide) groups is 1. The zero-order chi connectivity index (χ0) is 14.7. The molecule has 2 heterocycles. The number of rotatable bonds is 8. The minimum Gasteiger partial charge on any atom is -0.388 e. The monoisotopic (exact) mass is 309 g/mol. The van der Waals surface area contributed by atoms with E-state index in [9.17, 15) is 5.11 Å². The summed E-state index contributed by atoms with van der Waals surface area (Å²) in [4.78, 5) is 4.37. The number of aliphatic hydroxyl groups is 1. The van der Waals surface area contributed by atoms with Crippen molar-refractivity contribution in [2.24, 2.45) is 0 Å². The van der Waals surface area contributed by atoms with Crippen molar-refractivity contribution in [2.75, 3.05) is 0 Å². The first-order valence-corrected chi connectivity index (χ1v) is 8.29. The highest BCUT2D eigenvalue weighted by Gasteiger charge is 2.29. The summed E-state index contributed by atoms with van der Waals surface area (Å²) in [6, 6.07) is 0.440. The van der Waals surface area contributed by atoms with E-state index in [2.05, 4.69) is 27.3 Å². The van der Waals surface area contributed by atoms with Gasteiger partial charge in [-0.15, -0.1) is 10.2 Å². The third-order valence-electron chi connectivity index (χ3n) is 3.37. The van der Waals surface area contributed by atoms with Gasteiger partial charge in [0.2, 0.25) is 5.89 Å². The van der Waals surface area contributed by atoms with Gasteiger partial charge in [0.15, 0.2) is 16.8 Å². The van der Waals surface area contributed by atoms with Gasteiger partial charge >= 0.3 is 0 Å². The molecule has 1 aliphatic carbocycles. The van der Waals surface area contributed by atoms with Gasteiger partial charge < -0.3 is 14.2 Å². The van der Waals surface area contributed by atoms with Crippen LogP contribution in [0.5, 0.6) is 0 Å². The molecule has 114 valence electrons. The fourth-order valence-electron chi connectivity index (χ4n) is 2.12. The van der Waals surface area contributed by atoms with Crippen LogP contribution in [0.25, 0.3) is 0 Å². The predicted octanol–water partition coefficient (Wildman–Crippen LogP) is 2.12. The summed E-state index contributed by atoms with van der Waals surface area (Å²) < 4.78 is 7.24. The fraction of sp³-hybridized carbons (Fsp3) is 0.692. The molecule has 0 spiro atoms. The van der Waals surface area contributed by atoms with Crippen LogP contribution >= 0.6 is 11.8 Å². The van der Waals surface area contributed by atoms with Crippen LogP contribution < -0.4 is 0 Å². The molecule has 0 amide bonds. The highest BCUT2D eigenvalue weighted by Crippen LogP contribution is 2.39. The van der Waals surface area contributed by atoms with Gasteiger partial charge in [-0.2, -0.15) is 4.98 Å². The summed E-state index contributed by atoms with van der Waals surface area (Å²) in [5.41, 5.74) is 0. The molecule has 0 bridgehead atoms. The molecule has 0 unspecified atom stereocenters. The topological polar surface area (TPSA) is 89.9 Å². The number of nitrogens with zero attached hydrogens (tertiary/aromatic N) is 5. The molecule has 0 radical (unpaired) electrons.